The first kappa shape index (κ1) is 17.0. The zero-order chi connectivity index (χ0) is 18.0. The fourth-order valence-electron chi connectivity index (χ4n) is 2.91. The van der Waals surface area contributed by atoms with Gasteiger partial charge in [0.15, 0.2) is 11.6 Å². The Kier molecular flexibility index (Phi) is 4.44. The molecule has 3 rings (SSSR count). The molecule has 0 fully saturated rings. The fraction of sp³-hybridized carbons (Fsp3) is 0.316. The van der Waals surface area contributed by atoms with Gasteiger partial charge in [-0.05, 0) is 44.0 Å². The first-order valence-corrected chi connectivity index (χ1v) is 8.36. The van der Waals surface area contributed by atoms with Gasteiger partial charge in [-0.3, -0.25) is 14.5 Å². The molecule has 1 aromatic carbocycles. The lowest BCUT2D eigenvalue weighted by atomic mass is 10.00. The second-order valence-electron chi connectivity index (χ2n) is 5.97. The highest BCUT2D eigenvalue weighted by atomic mass is 16.5. The minimum absolute atomic E-state index is 0.403. The number of hydrogen-bond acceptors (Lipinski definition) is 4. The van der Waals surface area contributed by atoms with Gasteiger partial charge in [-0.25, -0.2) is 4.98 Å². The van der Waals surface area contributed by atoms with Crippen LogP contribution in [0.25, 0.3) is 0 Å². The third kappa shape index (κ3) is 2.84. The highest BCUT2D eigenvalue weighted by Crippen LogP contribution is 2.36. The van der Waals surface area contributed by atoms with Gasteiger partial charge in [-0.1, -0.05) is 25.1 Å². The molecule has 130 valence electrons. The number of para-hydroxylation sites is 1. The summed E-state index contributed by atoms with van der Waals surface area (Å²) in [4.78, 5) is 31.5. The summed E-state index contributed by atoms with van der Waals surface area (Å²) in [6.07, 6.45) is 2.37. The lowest BCUT2D eigenvalue weighted by molar-refractivity contribution is -0.145. The molecule has 6 nitrogen and oxygen atoms in total. The van der Waals surface area contributed by atoms with Gasteiger partial charge >= 0.3 is 0 Å². The maximum absolute atomic E-state index is 12.9. The highest BCUT2D eigenvalue weighted by molar-refractivity contribution is 6.19. The number of benzene rings is 1. The smallest absolute Gasteiger partial charge is 0.282 e. The maximum Gasteiger partial charge on any atom is 0.282 e. The fourth-order valence-corrected chi connectivity index (χ4v) is 2.91. The van der Waals surface area contributed by atoms with Crippen LogP contribution in [-0.2, 0) is 16.0 Å². The minimum Gasteiger partial charge on any atom is -0.464 e. The van der Waals surface area contributed by atoms with Crippen LogP contribution in [0.1, 0.15) is 26.3 Å². The molecular formula is C19H21N3O3. The number of likely N-dealkylation sites (N-methyl/N-ethyl adjacent to an activating group) is 1. The number of nitrogens with one attached hydrogen (secondary N) is 1. The Morgan fingerprint density at radius 2 is 2.00 bits per heavy atom. The second kappa shape index (κ2) is 6.55. The lowest BCUT2D eigenvalue weighted by Gasteiger charge is -2.38. The van der Waals surface area contributed by atoms with Crippen molar-refractivity contribution in [3.8, 4) is 5.75 Å². The third-order valence-electron chi connectivity index (χ3n) is 4.37. The van der Waals surface area contributed by atoms with Gasteiger partial charge in [0.05, 0.1) is 0 Å². The van der Waals surface area contributed by atoms with Crippen molar-refractivity contribution in [2.24, 2.45) is 0 Å². The monoisotopic (exact) mass is 339 g/mol. The van der Waals surface area contributed by atoms with E-state index in [9.17, 15) is 9.59 Å². The molecule has 0 saturated heterocycles. The maximum atomic E-state index is 12.9. The SMILES string of the molecule is CCc1ccccc1NC(=O)[C@]1(C)Oc2cccnc2N(CC)C1=O. The van der Waals surface area contributed by atoms with Crippen LogP contribution in [0.15, 0.2) is 42.6 Å². The van der Waals surface area contributed by atoms with Crippen molar-refractivity contribution in [2.45, 2.75) is 32.8 Å². The molecule has 1 N–H and O–H groups in total. The number of amides is 2. The number of carbonyl (C=O) groups is 2. The Balaban J connectivity index is 1.95. The molecule has 0 spiro atoms. The van der Waals surface area contributed by atoms with Crippen molar-refractivity contribution in [2.75, 3.05) is 16.8 Å². The van der Waals surface area contributed by atoms with Gasteiger partial charge in [-0.2, -0.15) is 0 Å². The molecule has 2 amide bonds. The second-order valence-corrected chi connectivity index (χ2v) is 5.97. The van der Waals surface area contributed by atoms with E-state index in [1.807, 2.05) is 38.1 Å². The summed E-state index contributed by atoms with van der Waals surface area (Å²) in [6.45, 7) is 5.75. The summed E-state index contributed by atoms with van der Waals surface area (Å²) in [5.74, 6) is -0.0568. The van der Waals surface area contributed by atoms with E-state index in [1.54, 1.807) is 18.3 Å². The van der Waals surface area contributed by atoms with E-state index in [-0.39, 0.29) is 0 Å². The Hall–Kier alpha value is -2.89. The van der Waals surface area contributed by atoms with E-state index in [1.165, 1.54) is 11.8 Å². The topological polar surface area (TPSA) is 71.5 Å². The van der Waals surface area contributed by atoms with E-state index in [0.29, 0.717) is 23.8 Å². The number of nitrogens with zero attached hydrogens (tertiary/aromatic N) is 2. The van der Waals surface area contributed by atoms with Crippen LogP contribution < -0.4 is 15.0 Å². The van der Waals surface area contributed by atoms with Crippen LogP contribution in [0.2, 0.25) is 0 Å². The summed E-state index contributed by atoms with van der Waals surface area (Å²) in [5.41, 5.74) is 0.0390. The van der Waals surface area contributed by atoms with Crippen LogP contribution in [0.3, 0.4) is 0 Å². The molecule has 25 heavy (non-hydrogen) atoms. The average molecular weight is 339 g/mol. The van der Waals surface area contributed by atoms with Gasteiger partial charge in [0.2, 0.25) is 0 Å². The quantitative estimate of drug-likeness (QED) is 0.870. The summed E-state index contributed by atoms with van der Waals surface area (Å²) < 4.78 is 5.81. The van der Waals surface area contributed by atoms with E-state index >= 15 is 0 Å². The van der Waals surface area contributed by atoms with Crippen LogP contribution in [-0.4, -0.2) is 28.9 Å². The molecule has 0 radical (unpaired) electrons. The average Bonchev–Trinajstić information content (AvgIpc) is 2.63. The van der Waals surface area contributed by atoms with E-state index in [2.05, 4.69) is 10.3 Å². The Morgan fingerprint density at radius 1 is 1.24 bits per heavy atom. The van der Waals surface area contributed by atoms with Gasteiger partial charge in [0.25, 0.3) is 17.4 Å². The number of anilines is 2. The highest BCUT2D eigenvalue weighted by Gasteiger charge is 2.51. The number of rotatable bonds is 4. The van der Waals surface area contributed by atoms with E-state index in [0.717, 1.165) is 12.0 Å². The van der Waals surface area contributed by atoms with Crippen molar-refractivity contribution in [3.05, 3.63) is 48.2 Å². The first-order chi connectivity index (χ1) is 12.0. The number of fused-ring (bicyclic) bond motifs is 1. The number of carbonyl (C=O) groups excluding carboxylic acids is 2. The summed E-state index contributed by atoms with van der Waals surface area (Å²) in [7, 11) is 0. The van der Waals surface area contributed by atoms with Gasteiger partial charge < -0.3 is 10.1 Å². The Labute approximate surface area is 146 Å². The number of pyridine rings is 1. The van der Waals surface area contributed by atoms with E-state index < -0.39 is 17.4 Å². The van der Waals surface area contributed by atoms with Crippen LogP contribution in [0, 0.1) is 0 Å². The van der Waals surface area contributed by atoms with Crippen LogP contribution >= 0.6 is 0 Å². The molecule has 2 aromatic rings. The molecule has 1 aromatic heterocycles. The normalized spacial score (nSPS) is 19.2. The molecule has 0 bridgehead atoms. The van der Waals surface area contributed by atoms with Gasteiger partial charge in [0.1, 0.15) is 0 Å². The molecular weight excluding hydrogens is 318 g/mol. The van der Waals surface area contributed by atoms with Crippen molar-refractivity contribution >= 4 is 23.3 Å². The largest absolute Gasteiger partial charge is 0.464 e. The van der Waals surface area contributed by atoms with Crippen LogP contribution in [0.4, 0.5) is 11.5 Å². The first-order valence-electron chi connectivity index (χ1n) is 8.36. The van der Waals surface area contributed by atoms with Gasteiger partial charge in [-0.15, -0.1) is 0 Å². The summed E-state index contributed by atoms with van der Waals surface area (Å²) in [5, 5.41) is 2.85. The number of aryl methyl sites for hydroxylation is 1. The summed E-state index contributed by atoms with van der Waals surface area (Å²) >= 11 is 0. The Bertz CT molecular complexity index is 821. The third-order valence-corrected chi connectivity index (χ3v) is 4.37. The van der Waals surface area contributed by atoms with Crippen molar-refractivity contribution < 1.29 is 14.3 Å². The van der Waals surface area contributed by atoms with Crippen molar-refractivity contribution in [1.82, 2.24) is 4.98 Å². The molecule has 1 aliphatic rings. The van der Waals surface area contributed by atoms with Crippen molar-refractivity contribution in [1.29, 1.82) is 0 Å². The summed E-state index contributed by atoms with van der Waals surface area (Å²) in [6, 6.07) is 11.0. The van der Waals surface area contributed by atoms with Crippen LogP contribution in [0.5, 0.6) is 5.75 Å². The molecule has 2 heterocycles. The Morgan fingerprint density at radius 3 is 2.72 bits per heavy atom. The molecule has 0 aliphatic carbocycles. The zero-order valence-corrected chi connectivity index (χ0v) is 14.6. The molecule has 6 heteroatoms. The standard InChI is InChI=1S/C19H21N3O3/c1-4-13-9-6-7-10-14(13)21-17(23)19(3)18(24)22(5-2)16-15(25-19)11-8-12-20-16/h6-12H,4-5H2,1-3H3,(H,21,23)/t19-/m0/s1. The minimum atomic E-state index is -1.65. The van der Waals surface area contributed by atoms with Crippen molar-refractivity contribution in [3.63, 3.8) is 0 Å². The van der Waals surface area contributed by atoms with Gasteiger partial charge in [0, 0.05) is 18.4 Å². The predicted molar refractivity (Wildman–Crippen MR) is 95.7 cm³/mol. The molecule has 0 unspecified atom stereocenters. The van der Waals surface area contributed by atoms with E-state index in [4.69, 9.17) is 4.74 Å². The molecule has 1 atom stereocenters. The number of ether oxygens (including phenoxy) is 1. The lowest BCUT2D eigenvalue weighted by Crippen LogP contribution is -2.61. The molecule has 1 aliphatic heterocycles. The predicted octanol–water partition coefficient (Wildman–Crippen LogP) is 2.79. The molecule has 0 saturated carbocycles. The zero-order valence-electron chi connectivity index (χ0n) is 14.6. The number of hydrogen-bond donors (Lipinski definition) is 1. The number of aromatic nitrogens is 1.